The first-order chi connectivity index (χ1) is 9.06. The van der Waals surface area contributed by atoms with E-state index in [2.05, 4.69) is 0 Å². The Morgan fingerprint density at radius 2 is 2.05 bits per heavy atom. The Balaban J connectivity index is 1.86. The van der Waals surface area contributed by atoms with E-state index >= 15 is 0 Å². The van der Waals surface area contributed by atoms with Gasteiger partial charge in [0.15, 0.2) is 6.61 Å². The highest BCUT2D eigenvalue weighted by Gasteiger charge is 2.20. The predicted octanol–water partition coefficient (Wildman–Crippen LogP) is 2.32. The number of benzene rings is 1. The molecule has 19 heavy (non-hydrogen) atoms. The minimum atomic E-state index is -0.0436. The lowest BCUT2D eigenvalue weighted by molar-refractivity contribution is -0.134. The molecule has 4 nitrogen and oxygen atoms in total. The fraction of sp³-hybridized carbons (Fsp3) is 0.462. The molecule has 0 unspecified atom stereocenters. The molecule has 0 radical (unpaired) electrons. The van der Waals surface area contributed by atoms with Gasteiger partial charge in [0.1, 0.15) is 5.75 Å². The van der Waals surface area contributed by atoms with Crippen LogP contribution in [-0.4, -0.2) is 36.5 Å². The quantitative estimate of drug-likeness (QED) is 0.932. The topological polar surface area (TPSA) is 55.6 Å². The highest BCUT2D eigenvalue weighted by Crippen LogP contribution is 2.27. The van der Waals surface area contributed by atoms with Gasteiger partial charge in [-0.25, -0.2) is 0 Å². The largest absolute Gasteiger partial charge is 0.482 e. The van der Waals surface area contributed by atoms with Crippen molar-refractivity contribution in [3.63, 3.8) is 0 Å². The Morgan fingerprint density at radius 3 is 2.68 bits per heavy atom. The molecular formula is C13H16Cl2N2O2. The number of ether oxygens (including phenoxy) is 1. The summed E-state index contributed by atoms with van der Waals surface area (Å²) in [6, 6.07) is 5.12. The molecule has 2 rings (SSSR count). The summed E-state index contributed by atoms with van der Waals surface area (Å²) in [7, 11) is 0. The van der Waals surface area contributed by atoms with Crippen LogP contribution >= 0.6 is 23.2 Å². The summed E-state index contributed by atoms with van der Waals surface area (Å²) >= 11 is 11.8. The van der Waals surface area contributed by atoms with Crippen LogP contribution in [0.1, 0.15) is 12.8 Å². The van der Waals surface area contributed by atoms with Crippen LogP contribution in [0.3, 0.4) is 0 Å². The molecule has 1 aromatic rings. The number of carbonyl (C=O) groups excluding carboxylic acids is 1. The van der Waals surface area contributed by atoms with Crippen molar-refractivity contribution in [2.45, 2.75) is 18.9 Å². The van der Waals surface area contributed by atoms with Crippen LogP contribution in [0.5, 0.6) is 5.75 Å². The molecule has 0 aliphatic carbocycles. The van der Waals surface area contributed by atoms with Crippen LogP contribution in [-0.2, 0) is 4.79 Å². The molecule has 0 aromatic heterocycles. The van der Waals surface area contributed by atoms with E-state index in [4.69, 9.17) is 33.7 Å². The third kappa shape index (κ3) is 4.00. The molecule has 1 heterocycles. The number of nitrogens with zero attached hydrogens (tertiary/aromatic N) is 1. The maximum Gasteiger partial charge on any atom is 0.260 e. The van der Waals surface area contributed by atoms with Crippen LogP contribution in [0, 0.1) is 0 Å². The number of halogens is 2. The number of hydrogen-bond acceptors (Lipinski definition) is 3. The first kappa shape index (κ1) is 14.4. The zero-order valence-corrected chi connectivity index (χ0v) is 12.0. The molecular weight excluding hydrogens is 287 g/mol. The van der Waals surface area contributed by atoms with Crippen LogP contribution in [0.25, 0.3) is 0 Å². The van der Waals surface area contributed by atoms with Gasteiger partial charge in [-0.3, -0.25) is 4.79 Å². The molecule has 2 N–H and O–H groups in total. The van der Waals surface area contributed by atoms with Crippen molar-refractivity contribution in [3.05, 3.63) is 28.2 Å². The summed E-state index contributed by atoms with van der Waals surface area (Å²) in [5.74, 6) is 0.422. The smallest absolute Gasteiger partial charge is 0.260 e. The minimum absolute atomic E-state index is 0.0173. The zero-order chi connectivity index (χ0) is 13.8. The van der Waals surface area contributed by atoms with Gasteiger partial charge >= 0.3 is 0 Å². The van der Waals surface area contributed by atoms with E-state index in [1.54, 1.807) is 23.1 Å². The molecule has 1 amide bonds. The number of piperidine rings is 1. The number of likely N-dealkylation sites (tertiary alicyclic amines) is 1. The van der Waals surface area contributed by atoms with Crippen LogP contribution < -0.4 is 10.5 Å². The maximum atomic E-state index is 11.9. The molecule has 1 saturated heterocycles. The van der Waals surface area contributed by atoms with Crippen molar-refractivity contribution >= 4 is 29.1 Å². The van der Waals surface area contributed by atoms with E-state index < -0.39 is 0 Å². The van der Waals surface area contributed by atoms with Gasteiger partial charge in [-0.2, -0.15) is 0 Å². The van der Waals surface area contributed by atoms with Crippen molar-refractivity contribution in [1.29, 1.82) is 0 Å². The van der Waals surface area contributed by atoms with E-state index in [9.17, 15) is 4.79 Å². The summed E-state index contributed by atoms with van der Waals surface area (Å²) in [6.07, 6.45) is 1.68. The minimum Gasteiger partial charge on any atom is -0.482 e. The number of hydrogen-bond donors (Lipinski definition) is 1. The molecule has 1 aliphatic rings. The number of carbonyl (C=O) groups is 1. The zero-order valence-electron chi connectivity index (χ0n) is 10.4. The van der Waals surface area contributed by atoms with Gasteiger partial charge in [0.05, 0.1) is 5.02 Å². The second-order valence-electron chi connectivity index (χ2n) is 4.58. The summed E-state index contributed by atoms with van der Waals surface area (Å²) in [5.41, 5.74) is 5.80. The lowest BCUT2D eigenvalue weighted by atomic mass is 10.1. The molecule has 0 bridgehead atoms. The van der Waals surface area contributed by atoms with Gasteiger partial charge in [0.2, 0.25) is 0 Å². The fourth-order valence-electron chi connectivity index (χ4n) is 1.97. The van der Waals surface area contributed by atoms with Gasteiger partial charge in [-0.1, -0.05) is 23.2 Å². The molecule has 0 saturated carbocycles. The fourth-order valence-corrected chi connectivity index (χ4v) is 2.43. The number of nitrogens with two attached hydrogens (primary N) is 1. The normalized spacial score (nSPS) is 16.5. The van der Waals surface area contributed by atoms with Crippen LogP contribution in [0.15, 0.2) is 18.2 Å². The SMILES string of the molecule is NC1CCN(C(=O)COc2ccc(Cl)cc2Cl)CC1. The maximum absolute atomic E-state index is 11.9. The molecule has 1 aliphatic heterocycles. The van der Waals surface area contributed by atoms with Crippen molar-refractivity contribution in [2.24, 2.45) is 5.73 Å². The third-order valence-electron chi connectivity index (χ3n) is 3.14. The summed E-state index contributed by atoms with van der Waals surface area (Å²) in [5, 5.41) is 0.940. The monoisotopic (exact) mass is 302 g/mol. The average Bonchev–Trinajstić information content (AvgIpc) is 2.38. The van der Waals surface area contributed by atoms with E-state index in [1.165, 1.54) is 0 Å². The molecule has 104 valence electrons. The van der Waals surface area contributed by atoms with Gasteiger partial charge in [-0.05, 0) is 31.0 Å². The Kier molecular flexibility index (Phi) is 4.91. The van der Waals surface area contributed by atoms with Crippen molar-refractivity contribution in [2.75, 3.05) is 19.7 Å². The number of amides is 1. The van der Waals surface area contributed by atoms with Gasteiger partial charge in [-0.15, -0.1) is 0 Å². The standard InChI is InChI=1S/C13H16Cl2N2O2/c14-9-1-2-12(11(15)7-9)19-8-13(18)17-5-3-10(16)4-6-17/h1-2,7,10H,3-6,8,16H2. The van der Waals surface area contributed by atoms with E-state index in [1.807, 2.05) is 0 Å². The summed E-state index contributed by atoms with van der Waals surface area (Å²) in [4.78, 5) is 13.7. The lowest BCUT2D eigenvalue weighted by Crippen LogP contribution is -2.44. The van der Waals surface area contributed by atoms with Gasteiger partial charge in [0, 0.05) is 24.2 Å². The molecule has 1 fully saturated rings. The van der Waals surface area contributed by atoms with Gasteiger partial charge < -0.3 is 15.4 Å². The lowest BCUT2D eigenvalue weighted by Gasteiger charge is -2.30. The van der Waals surface area contributed by atoms with Crippen molar-refractivity contribution in [1.82, 2.24) is 4.90 Å². The molecule has 1 aromatic carbocycles. The predicted molar refractivity (Wildman–Crippen MR) is 75.7 cm³/mol. The second-order valence-corrected chi connectivity index (χ2v) is 5.43. The van der Waals surface area contributed by atoms with E-state index in [-0.39, 0.29) is 18.6 Å². The second kappa shape index (κ2) is 6.46. The van der Waals surface area contributed by atoms with Crippen LogP contribution in [0.2, 0.25) is 10.0 Å². The highest BCUT2D eigenvalue weighted by atomic mass is 35.5. The van der Waals surface area contributed by atoms with Gasteiger partial charge in [0.25, 0.3) is 5.91 Å². The van der Waals surface area contributed by atoms with Crippen molar-refractivity contribution in [3.8, 4) is 5.75 Å². The molecule has 0 atom stereocenters. The van der Waals surface area contributed by atoms with Crippen molar-refractivity contribution < 1.29 is 9.53 Å². The molecule has 0 spiro atoms. The first-order valence-corrected chi connectivity index (χ1v) is 6.93. The Bertz CT molecular complexity index is 460. The Labute approximate surface area is 122 Å². The molecule has 6 heteroatoms. The van der Waals surface area contributed by atoms with Crippen LogP contribution in [0.4, 0.5) is 0 Å². The summed E-state index contributed by atoms with van der Waals surface area (Å²) < 4.78 is 5.42. The Morgan fingerprint density at radius 1 is 1.37 bits per heavy atom. The Hall–Kier alpha value is -0.970. The average molecular weight is 303 g/mol. The summed E-state index contributed by atoms with van der Waals surface area (Å²) in [6.45, 7) is 1.37. The van der Waals surface area contributed by atoms with E-state index in [0.29, 0.717) is 28.9 Å². The third-order valence-corrected chi connectivity index (χ3v) is 3.67. The highest BCUT2D eigenvalue weighted by molar-refractivity contribution is 6.35. The number of rotatable bonds is 3. The first-order valence-electron chi connectivity index (χ1n) is 6.17. The van der Waals surface area contributed by atoms with E-state index in [0.717, 1.165) is 12.8 Å².